The number of rotatable bonds is 5. The van der Waals surface area contributed by atoms with Gasteiger partial charge in [0.25, 0.3) is 0 Å². The molecule has 0 aliphatic heterocycles. The Morgan fingerprint density at radius 3 is 2.53 bits per heavy atom. The first-order valence-corrected chi connectivity index (χ1v) is 6.37. The van der Waals surface area contributed by atoms with Crippen molar-refractivity contribution in [3.63, 3.8) is 0 Å². The quantitative estimate of drug-likeness (QED) is 0.835. The molecule has 0 radical (unpaired) electrons. The molecular weight excluding hydrogens is 238 g/mol. The van der Waals surface area contributed by atoms with E-state index >= 15 is 0 Å². The standard InChI is InChI=1S/C16H19NO2/c1-3-13-6-4-5-7-15(13)19-11-12-8-9-16(18-2)14(17)10-12/h4-10H,3,11,17H2,1-2H3. The summed E-state index contributed by atoms with van der Waals surface area (Å²) in [7, 11) is 1.61. The predicted octanol–water partition coefficient (Wildman–Crippen LogP) is 3.42. The second-order valence-corrected chi connectivity index (χ2v) is 4.33. The Hall–Kier alpha value is -2.16. The highest BCUT2D eigenvalue weighted by Crippen LogP contribution is 2.24. The van der Waals surface area contributed by atoms with E-state index in [1.807, 2.05) is 36.4 Å². The molecule has 0 fully saturated rings. The van der Waals surface area contributed by atoms with Gasteiger partial charge >= 0.3 is 0 Å². The molecule has 0 aromatic heterocycles. The van der Waals surface area contributed by atoms with Gasteiger partial charge in [0.15, 0.2) is 0 Å². The van der Waals surface area contributed by atoms with Gasteiger partial charge in [0, 0.05) is 0 Å². The molecule has 0 atom stereocenters. The summed E-state index contributed by atoms with van der Waals surface area (Å²) in [4.78, 5) is 0. The highest BCUT2D eigenvalue weighted by atomic mass is 16.5. The highest BCUT2D eigenvalue weighted by molar-refractivity contribution is 5.54. The van der Waals surface area contributed by atoms with Crippen molar-refractivity contribution in [1.29, 1.82) is 0 Å². The lowest BCUT2D eigenvalue weighted by Crippen LogP contribution is -2.00. The number of para-hydroxylation sites is 1. The monoisotopic (exact) mass is 257 g/mol. The van der Waals surface area contributed by atoms with Crippen molar-refractivity contribution < 1.29 is 9.47 Å². The average molecular weight is 257 g/mol. The Morgan fingerprint density at radius 2 is 1.84 bits per heavy atom. The Labute approximate surface area is 114 Å². The van der Waals surface area contributed by atoms with Gasteiger partial charge in [-0.05, 0) is 35.7 Å². The molecule has 0 saturated heterocycles. The summed E-state index contributed by atoms with van der Waals surface area (Å²) in [5, 5.41) is 0. The van der Waals surface area contributed by atoms with Gasteiger partial charge in [-0.1, -0.05) is 31.2 Å². The van der Waals surface area contributed by atoms with Gasteiger partial charge in [-0.3, -0.25) is 0 Å². The van der Waals surface area contributed by atoms with Gasteiger partial charge in [-0.15, -0.1) is 0 Å². The maximum absolute atomic E-state index is 5.88. The van der Waals surface area contributed by atoms with E-state index in [-0.39, 0.29) is 0 Å². The summed E-state index contributed by atoms with van der Waals surface area (Å²) in [6.07, 6.45) is 0.959. The molecule has 0 aliphatic carbocycles. The maximum atomic E-state index is 5.88. The largest absolute Gasteiger partial charge is 0.495 e. The second kappa shape index (κ2) is 6.14. The summed E-state index contributed by atoms with van der Waals surface area (Å²) >= 11 is 0. The van der Waals surface area contributed by atoms with E-state index in [0.29, 0.717) is 18.0 Å². The van der Waals surface area contributed by atoms with E-state index in [1.165, 1.54) is 5.56 Å². The molecule has 0 unspecified atom stereocenters. The number of hydrogen-bond donors (Lipinski definition) is 1. The first-order chi connectivity index (χ1) is 9.24. The molecule has 0 bridgehead atoms. The Kier molecular flexibility index (Phi) is 4.29. The smallest absolute Gasteiger partial charge is 0.141 e. The van der Waals surface area contributed by atoms with E-state index < -0.39 is 0 Å². The molecule has 2 aromatic carbocycles. The van der Waals surface area contributed by atoms with Gasteiger partial charge in [0.05, 0.1) is 12.8 Å². The third-order valence-corrected chi connectivity index (χ3v) is 3.04. The molecule has 19 heavy (non-hydrogen) atoms. The third kappa shape index (κ3) is 3.19. The molecule has 100 valence electrons. The Balaban J connectivity index is 2.08. The van der Waals surface area contributed by atoms with Gasteiger partial charge in [-0.25, -0.2) is 0 Å². The summed E-state index contributed by atoms with van der Waals surface area (Å²) in [6, 6.07) is 13.8. The molecule has 0 saturated carbocycles. The van der Waals surface area contributed by atoms with Crippen molar-refractivity contribution in [2.75, 3.05) is 12.8 Å². The fourth-order valence-electron chi connectivity index (χ4n) is 1.97. The number of nitrogen functional groups attached to an aromatic ring is 1. The fraction of sp³-hybridized carbons (Fsp3) is 0.250. The Bertz CT molecular complexity index is 552. The van der Waals surface area contributed by atoms with Crippen molar-refractivity contribution in [2.45, 2.75) is 20.0 Å². The van der Waals surface area contributed by atoms with E-state index in [1.54, 1.807) is 7.11 Å². The van der Waals surface area contributed by atoms with Crippen LogP contribution >= 0.6 is 0 Å². The topological polar surface area (TPSA) is 44.5 Å². The van der Waals surface area contributed by atoms with E-state index in [0.717, 1.165) is 17.7 Å². The van der Waals surface area contributed by atoms with E-state index in [9.17, 15) is 0 Å². The number of nitrogens with two attached hydrogens (primary N) is 1. The number of ether oxygens (including phenoxy) is 2. The molecule has 2 N–H and O–H groups in total. The van der Waals surface area contributed by atoms with Gasteiger partial charge in [-0.2, -0.15) is 0 Å². The normalized spacial score (nSPS) is 10.2. The molecule has 3 heteroatoms. The van der Waals surface area contributed by atoms with E-state index in [4.69, 9.17) is 15.2 Å². The Morgan fingerprint density at radius 1 is 1.05 bits per heavy atom. The second-order valence-electron chi connectivity index (χ2n) is 4.33. The molecule has 0 spiro atoms. The molecule has 2 rings (SSSR count). The average Bonchev–Trinajstić information content (AvgIpc) is 2.45. The molecule has 0 aliphatic rings. The zero-order chi connectivity index (χ0) is 13.7. The summed E-state index contributed by atoms with van der Waals surface area (Å²) in [5.74, 6) is 1.62. The lowest BCUT2D eigenvalue weighted by atomic mass is 10.1. The number of aryl methyl sites for hydroxylation is 1. The predicted molar refractivity (Wildman–Crippen MR) is 77.6 cm³/mol. The first kappa shape index (κ1) is 13.3. The third-order valence-electron chi connectivity index (χ3n) is 3.04. The van der Waals surface area contributed by atoms with Crippen molar-refractivity contribution in [3.8, 4) is 11.5 Å². The summed E-state index contributed by atoms with van der Waals surface area (Å²) in [5.41, 5.74) is 8.75. The SMILES string of the molecule is CCc1ccccc1OCc1ccc(OC)c(N)c1. The molecular formula is C16H19NO2. The molecule has 0 heterocycles. The zero-order valence-electron chi connectivity index (χ0n) is 11.3. The van der Waals surface area contributed by atoms with Crippen LogP contribution in [0, 0.1) is 0 Å². The molecule has 3 nitrogen and oxygen atoms in total. The first-order valence-electron chi connectivity index (χ1n) is 6.37. The highest BCUT2D eigenvalue weighted by Gasteiger charge is 2.04. The lowest BCUT2D eigenvalue weighted by molar-refractivity contribution is 0.303. The van der Waals surface area contributed by atoms with E-state index in [2.05, 4.69) is 13.0 Å². The number of methoxy groups -OCH3 is 1. The minimum atomic E-state index is 0.505. The van der Waals surface area contributed by atoms with Crippen LogP contribution in [0.3, 0.4) is 0 Å². The maximum Gasteiger partial charge on any atom is 0.141 e. The number of hydrogen-bond acceptors (Lipinski definition) is 3. The molecule has 2 aromatic rings. The van der Waals surface area contributed by atoms with Crippen LogP contribution in [-0.4, -0.2) is 7.11 Å². The van der Waals surface area contributed by atoms with Crippen LogP contribution in [-0.2, 0) is 13.0 Å². The fourth-order valence-corrected chi connectivity index (χ4v) is 1.97. The van der Waals surface area contributed by atoms with Gasteiger partial charge < -0.3 is 15.2 Å². The van der Waals surface area contributed by atoms with Crippen LogP contribution in [0.2, 0.25) is 0 Å². The van der Waals surface area contributed by atoms with Crippen LogP contribution in [0.4, 0.5) is 5.69 Å². The minimum absolute atomic E-state index is 0.505. The van der Waals surface area contributed by atoms with Crippen LogP contribution in [0.15, 0.2) is 42.5 Å². The minimum Gasteiger partial charge on any atom is -0.495 e. The van der Waals surface area contributed by atoms with Crippen LogP contribution in [0.25, 0.3) is 0 Å². The summed E-state index contributed by atoms with van der Waals surface area (Å²) < 4.78 is 11.0. The van der Waals surface area contributed by atoms with Crippen LogP contribution in [0.5, 0.6) is 11.5 Å². The van der Waals surface area contributed by atoms with Crippen molar-refractivity contribution in [2.24, 2.45) is 0 Å². The van der Waals surface area contributed by atoms with Gasteiger partial charge in [0.1, 0.15) is 18.1 Å². The summed E-state index contributed by atoms with van der Waals surface area (Å²) in [6.45, 7) is 2.62. The van der Waals surface area contributed by atoms with Gasteiger partial charge in [0.2, 0.25) is 0 Å². The van der Waals surface area contributed by atoms with Crippen molar-refractivity contribution in [3.05, 3.63) is 53.6 Å². The van der Waals surface area contributed by atoms with Crippen molar-refractivity contribution in [1.82, 2.24) is 0 Å². The van der Waals surface area contributed by atoms with Crippen LogP contribution in [0.1, 0.15) is 18.1 Å². The van der Waals surface area contributed by atoms with Crippen molar-refractivity contribution >= 4 is 5.69 Å². The molecule has 0 amide bonds. The number of anilines is 1. The zero-order valence-corrected chi connectivity index (χ0v) is 11.3. The number of benzene rings is 2. The van der Waals surface area contributed by atoms with Crippen LogP contribution < -0.4 is 15.2 Å². The lowest BCUT2D eigenvalue weighted by Gasteiger charge is -2.11.